The van der Waals surface area contributed by atoms with Gasteiger partial charge in [-0.05, 0) is 107 Å². The lowest BCUT2D eigenvalue weighted by molar-refractivity contribution is -0.382. The van der Waals surface area contributed by atoms with E-state index < -0.39 is 175 Å². The molecule has 4 aliphatic carbocycles. The van der Waals surface area contributed by atoms with Crippen LogP contribution in [-0.2, 0) is 42.7 Å². The summed E-state index contributed by atoms with van der Waals surface area (Å²) in [5.74, 6) is -1.40. The Morgan fingerprint density at radius 3 is 1.86 bits per heavy atom. The average Bonchev–Trinajstić information content (AvgIpc) is 3.68. The van der Waals surface area contributed by atoms with Gasteiger partial charge in [0.2, 0.25) is 0 Å². The van der Waals surface area contributed by atoms with Gasteiger partial charge in [-0.2, -0.15) is 0 Å². The summed E-state index contributed by atoms with van der Waals surface area (Å²) in [5, 5.41) is 151. The van der Waals surface area contributed by atoms with Gasteiger partial charge in [0, 0.05) is 17.8 Å². The van der Waals surface area contributed by atoms with Crippen LogP contribution in [0.1, 0.15) is 107 Å². The molecule has 23 heteroatoms. The molecule has 8 fully saturated rings. The van der Waals surface area contributed by atoms with Crippen LogP contribution >= 0.6 is 0 Å². The lowest BCUT2D eigenvalue weighted by Crippen LogP contribution is -2.67. The number of aliphatic hydroxyl groups is 14. The largest absolute Gasteiger partial charge is 0.394 e. The van der Waals surface area contributed by atoms with Crippen LogP contribution < -0.4 is 0 Å². The molecule has 0 bridgehead atoms. The highest BCUT2D eigenvalue weighted by molar-refractivity contribution is 5.86. The van der Waals surface area contributed by atoms with Gasteiger partial charge in [-0.3, -0.25) is 4.79 Å². The van der Waals surface area contributed by atoms with E-state index in [1.807, 2.05) is 0 Å². The molecule has 0 amide bonds. The summed E-state index contributed by atoms with van der Waals surface area (Å²) in [6.45, 7) is 13.2. The zero-order chi connectivity index (χ0) is 56.0. The van der Waals surface area contributed by atoms with Crippen molar-refractivity contribution in [2.75, 3.05) is 26.4 Å². The van der Waals surface area contributed by atoms with Gasteiger partial charge in [0.05, 0.1) is 49.8 Å². The Kier molecular flexibility index (Phi) is 17.8. The fraction of sp³-hybridized carbons (Fsp3) is 0.943. The highest BCUT2D eigenvalue weighted by Crippen LogP contribution is 2.76. The second-order valence-electron chi connectivity index (χ2n) is 25.5. The fourth-order valence-corrected chi connectivity index (χ4v) is 15.7. The van der Waals surface area contributed by atoms with Crippen molar-refractivity contribution in [3.05, 3.63) is 12.2 Å². The number of aliphatic hydroxyl groups excluding tert-OH is 12. The predicted molar refractivity (Wildman–Crippen MR) is 261 cm³/mol. The Hall–Kier alpha value is -1.47. The third-order valence-corrected chi connectivity index (χ3v) is 19.9. The minimum atomic E-state index is -1.86. The first-order valence-corrected chi connectivity index (χ1v) is 27.2. The van der Waals surface area contributed by atoms with Crippen LogP contribution in [0.25, 0.3) is 0 Å². The smallest absolute Gasteiger partial charge is 0.187 e. The van der Waals surface area contributed by atoms with Crippen molar-refractivity contribution in [2.24, 2.45) is 45.3 Å². The van der Waals surface area contributed by atoms with E-state index in [-0.39, 0.29) is 49.1 Å². The molecule has 23 nitrogen and oxygen atoms in total. The van der Waals surface area contributed by atoms with Gasteiger partial charge in [-0.1, -0.05) is 39.8 Å². The van der Waals surface area contributed by atoms with Crippen LogP contribution in [0.4, 0.5) is 0 Å². The van der Waals surface area contributed by atoms with Crippen LogP contribution in [0.15, 0.2) is 12.2 Å². The van der Waals surface area contributed by atoms with Crippen molar-refractivity contribution < 1.29 is 114 Å². The lowest BCUT2D eigenvalue weighted by atomic mass is 9.35. The van der Waals surface area contributed by atoms with Crippen molar-refractivity contribution >= 4 is 5.78 Å². The normalized spacial score (nSPS) is 51.7. The maximum Gasteiger partial charge on any atom is 0.187 e. The van der Waals surface area contributed by atoms with Gasteiger partial charge in [-0.25, -0.2) is 0 Å². The van der Waals surface area contributed by atoms with E-state index in [0.29, 0.717) is 38.5 Å². The van der Waals surface area contributed by atoms with Crippen LogP contribution in [0.2, 0.25) is 0 Å². The summed E-state index contributed by atoms with van der Waals surface area (Å²) in [6.07, 6.45) is -23.2. The number of carbonyl (C=O) groups excluding carboxylic acids is 1. The van der Waals surface area contributed by atoms with E-state index in [2.05, 4.69) is 27.7 Å². The van der Waals surface area contributed by atoms with Gasteiger partial charge < -0.3 is 109 Å². The Morgan fingerprint density at radius 1 is 0.645 bits per heavy atom. The van der Waals surface area contributed by atoms with E-state index in [1.165, 1.54) is 6.92 Å². The summed E-state index contributed by atoms with van der Waals surface area (Å²) >= 11 is 0. The first-order chi connectivity index (χ1) is 35.4. The zero-order valence-corrected chi connectivity index (χ0v) is 44.9. The molecule has 0 radical (unpaired) electrons. The van der Waals surface area contributed by atoms with E-state index in [4.69, 9.17) is 37.9 Å². The number of rotatable bonds is 15. The molecular weight excluding hydrogens is 1000 g/mol. The molecule has 0 spiro atoms. The number of carbonyl (C=O) groups is 1. The lowest BCUT2D eigenvalue weighted by Gasteiger charge is -2.70. The molecular formula is C53H88O23. The Morgan fingerprint density at radius 2 is 1.24 bits per heavy atom. The van der Waals surface area contributed by atoms with E-state index in [9.17, 15) is 76.3 Å². The van der Waals surface area contributed by atoms with Crippen LogP contribution in [-0.4, -0.2) is 238 Å². The molecule has 76 heavy (non-hydrogen) atoms. The predicted octanol–water partition coefficient (Wildman–Crippen LogP) is -2.38. The standard InChI is InChI=1S/C53H88O23/c1-23-33(58)42(75-45-40(65)38(63)36(61)28(20-55)73-45)41(66)46(71-23)76-43-34(59)26(57)21-69-47(43)74-31-13-16-50(6)29(49(31,4)5)12-17-51(7)30(50)11-10-24-32(52(8,68)15-9-14-48(2,3)67)25(56)18-53(24,51)22-70-44-39(64)37(62)35(60)27(19-54)72-44/h9,14,23-24,26-47,54-55,57-68H,10-13,15-22H2,1-8H3. The Bertz CT molecular complexity index is 2020. The summed E-state index contributed by atoms with van der Waals surface area (Å²) < 4.78 is 48.7. The van der Waals surface area contributed by atoms with E-state index in [0.717, 1.165) is 0 Å². The molecule has 28 atom stereocenters. The molecule has 4 aliphatic heterocycles. The van der Waals surface area contributed by atoms with Gasteiger partial charge in [0.25, 0.3) is 0 Å². The first kappa shape index (κ1) is 60.6. The number of ketones is 1. The maximum atomic E-state index is 14.7. The quantitative estimate of drug-likeness (QED) is 0.0601. The van der Waals surface area contributed by atoms with Gasteiger partial charge in [0.15, 0.2) is 25.2 Å². The van der Waals surface area contributed by atoms with Crippen molar-refractivity contribution in [3.63, 3.8) is 0 Å². The van der Waals surface area contributed by atoms with Crippen molar-refractivity contribution in [1.82, 2.24) is 0 Å². The topological polar surface area (TPSA) is 374 Å². The molecule has 0 aromatic carbocycles. The summed E-state index contributed by atoms with van der Waals surface area (Å²) in [4.78, 5) is 14.7. The zero-order valence-electron chi connectivity index (χ0n) is 44.9. The van der Waals surface area contributed by atoms with Crippen molar-refractivity contribution in [1.29, 1.82) is 0 Å². The highest BCUT2D eigenvalue weighted by Gasteiger charge is 2.73. The monoisotopic (exact) mass is 1090 g/mol. The third-order valence-electron chi connectivity index (χ3n) is 19.9. The number of hydrogen-bond donors (Lipinski definition) is 14. The maximum absolute atomic E-state index is 14.7. The van der Waals surface area contributed by atoms with Crippen LogP contribution in [0, 0.1) is 45.3 Å². The van der Waals surface area contributed by atoms with E-state index >= 15 is 0 Å². The Labute approximate surface area is 443 Å². The molecule has 4 heterocycles. The number of hydrogen-bond acceptors (Lipinski definition) is 23. The summed E-state index contributed by atoms with van der Waals surface area (Å²) in [6, 6.07) is 0. The van der Waals surface area contributed by atoms with Crippen LogP contribution in [0.5, 0.6) is 0 Å². The molecule has 28 unspecified atom stereocenters. The minimum absolute atomic E-state index is 0.00981. The number of Topliss-reactive ketones (excluding diaryl/α,β-unsaturated/α-hetero) is 1. The molecule has 4 saturated carbocycles. The minimum Gasteiger partial charge on any atom is -0.394 e. The first-order valence-electron chi connectivity index (χ1n) is 27.2. The molecule has 8 aliphatic rings. The van der Waals surface area contributed by atoms with Crippen LogP contribution in [0.3, 0.4) is 0 Å². The second kappa shape index (κ2) is 22.4. The molecule has 4 saturated heterocycles. The Balaban J connectivity index is 1.03. The van der Waals surface area contributed by atoms with Gasteiger partial charge in [-0.15, -0.1) is 0 Å². The SMILES string of the molecule is CC1OC(OC2C(OC3CCC4(C)C(CCC5(C)C4CCC4C(C(C)(O)CC=CC(C)(C)O)C(=O)CC45COC4OC(CO)C(O)C(O)C4O)C3(C)C)OCC(O)C2O)C(O)C(OC2OC(CO)C(O)C(O)C2O)C1O. The van der Waals surface area contributed by atoms with Gasteiger partial charge >= 0.3 is 0 Å². The molecule has 0 aromatic heterocycles. The second-order valence-corrected chi connectivity index (χ2v) is 25.5. The van der Waals surface area contributed by atoms with E-state index in [1.54, 1.807) is 32.9 Å². The third kappa shape index (κ3) is 10.7. The number of ether oxygens (including phenoxy) is 8. The van der Waals surface area contributed by atoms with Gasteiger partial charge in [0.1, 0.15) is 91.2 Å². The van der Waals surface area contributed by atoms with Crippen molar-refractivity contribution in [3.8, 4) is 0 Å². The molecule has 8 rings (SSSR count). The average molecular weight is 1090 g/mol. The molecule has 438 valence electrons. The highest BCUT2D eigenvalue weighted by atomic mass is 16.8. The molecule has 0 aromatic rings. The van der Waals surface area contributed by atoms with Crippen molar-refractivity contribution in [2.45, 2.75) is 241 Å². The number of fused-ring (bicyclic) bond motifs is 5. The summed E-state index contributed by atoms with van der Waals surface area (Å²) in [5.41, 5.74) is -5.21. The summed E-state index contributed by atoms with van der Waals surface area (Å²) in [7, 11) is 0. The molecule has 14 N–H and O–H groups in total. The fourth-order valence-electron chi connectivity index (χ4n) is 15.7.